The average molecular weight is 388 g/mol. The lowest BCUT2D eigenvalue weighted by molar-refractivity contribution is 0.0654. The highest BCUT2D eigenvalue weighted by molar-refractivity contribution is 7.14. The number of benzene rings is 1. The molecule has 0 radical (unpaired) electrons. The van der Waals surface area contributed by atoms with E-state index in [1.807, 2.05) is 7.05 Å². The maximum Gasteiger partial charge on any atom is 0.273 e. The van der Waals surface area contributed by atoms with Crippen LogP contribution in [0.3, 0.4) is 0 Å². The van der Waals surface area contributed by atoms with Gasteiger partial charge in [0.25, 0.3) is 11.8 Å². The number of carbonyl (C=O) groups is 2. The van der Waals surface area contributed by atoms with Crippen molar-refractivity contribution in [2.75, 3.05) is 39.6 Å². The molecular weight excluding hydrogens is 364 g/mol. The molecule has 0 spiro atoms. The Balaban J connectivity index is 1.61. The van der Waals surface area contributed by atoms with Crippen LogP contribution in [-0.2, 0) is 0 Å². The summed E-state index contributed by atoms with van der Waals surface area (Å²) in [5, 5.41) is 4.85. The van der Waals surface area contributed by atoms with E-state index in [-0.39, 0.29) is 17.9 Å². The van der Waals surface area contributed by atoms with E-state index in [0.717, 1.165) is 25.9 Å². The van der Waals surface area contributed by atoms with Crippen LogP contribution in [0.2, 0.25) is 0 Å². The van der Waals surface area contributed by atoms with Crippen molar-refractivity contribution in [1.82, 2.24) is 14.8 Å². The second-order valence-electron chi connectivity index (χ2n) is 6.67. The van der Waals surface area contributed by atoms with Gasteiger partial charge in [0, 0.05) is 24.0 Å². The molecule has 1 aliphatic rings. The first-order chi connectivity index (χ1) is 13.0. The SMILES string of the molecule is COc1ccc(C(=O)Nc2nc(C(=O)N(C)C3CCN(C)CC3)cs2)cc1. The number of ether oxygens (including phenoxy) is 1. The smallest absolute Gasteiger partial charge is 0.273 e. The van der Waals surface area contributed by atoms with E-state index in [4.69, 9.17) is 4.74 Å². The maximum atomic E-state index is 12.7. The topological polar surface area (TPSA) is 74.8 Å². The van der Waals surface area contributed by atoms with Crippen LogP contribution in [0.4, 0.5) is 5.13 Å². The Morgan fingerprint density at radius 3 is 2.56 bits per heavy atom. The van der Waals surface area contributed by atoms with Crippen LogP contribution in [0.1, 0.15) is 33.7 Å². The molecule has 0 unspecified atom stereocenters. The Morgan fingerprint density at radius 1 is 1.26 bits per heavy atom. The Bertz CT molecular complexity index is 798. The second kappa shape index (κ2) is 8.49. The summed E-state index contributed by atoms with van der Waals surface area (Å²) in [5.41, 5.74) is 0.869. The van der Waals surface area contributed by atoms with Crippen LogP contribution in [0, 0.1) is 0 Å². The number of aromatic nitrogens is 1. The van der Waals surface area contributed by atoms with Crippen molar-refractivity contribution in [1.29, 1.82) is 0 Å². The molecule has 1 aromatic carbocycles. The van der Waals surface area contributed by atoms with Crippen molar-refractivity contribution in [3.05, 3.63) is 40.9 Å². The van der Waals surface area contributed by atoms with Crippen molar-refractivity contribution in [2.45, 2.75) is 18.9 Å². The van der Waals surface area contributed by atoms with Gasteiger partial charge in [0.05, 0.1) is 7.11 Å². The lowest BCUT2D eigenvalue weighted by atomic mass is 10.0. The molecular formula is C19H24N4O3S. The first kappa shape index (κ1) is 19.3. The number of anilines is 1. The number of hydrogen-bond acceptors (Lipinski definition) is 6. The Labute approximate surface area is 162 Å². The highest BCUT2D eigenvalue weighted by Gasteiger charge is 2.26. The molecule has 0 aliphatic carbocycles. The Morgan fingerprint density at radius 2 is 1.93 bits per heavy atom. The third-order valence-electron chi connectivity index (χ3n) is 4.85. The van der Waals surface area contributed by atoms with Gasteiger partial charge in [-0.25, -0.2) is 4.98 Å². The number of thiazole rings is 1. The third kappa shape index (κ3) is 4.64. The van der Waals surface area contributed by atoms with Gasteiger partial charge in [0.1, 0.15) is 11.4 Å². The standard InChI is InChI=1S/C19H24N4O3S/c1-22-10-8-14(9-11-22)23(2)18(25)16-12-27-19(20-16)21-17(24)13-4-6-15(26-3)7-5-13/h4-7,12,14H,8-11H2,1-3H3,(H,20,21,24). The molecule has 8 heteroatoms. The normalized spacial score (nSPS) is 15.4. The second-order valence-corrected chi connectivity index (χ2v) is 7.53. The molecule has 1 aliphatic heterocycles. The number of amides is 2. The number of methoxy groups -OCH3 is 1. The highest BCUT2D eigenvalue weighted by Crippen LogP contribution is 2.21. The van der Waals surface area contributed by atoms with Gasteiger partial charge < -0.3 is 14.5 Å². The number of carbonyl (C=O) groups excluding carboxylic acids is 2. The van der Waals surface area contributed by atoms with E-state index < -0.39 is 0 Å². The van der Waals surface area contributed by atoms with Crippen molar-refractivity contribution in [3.8, 4) is 5.75 Å². The van der Waals surface area contributed by atoms with Gasteiger partial charge in [-0.15, -0.1) is 11.3 Å². The fraction of sp³-hybridized carbons (Fsp3) is 0.421. The van der Waals surface area contributed by atoms with Gasteiger partial charge in [-0.05, 0) is 57.2 Å². The fourth-order valence-electron chi connectivity index (χ4n) is 3.07. The predicted molar refractivity (Wildman–Crippen MR) is 106 cm³/mol. The summed E-state index contributed by atoms with van der Waals surface area (Å²) >= 11 is 1.25. The molecule has 0 bridgehead atoms. The van der Waals surface area contributed by atoms with E-state index in [9.17, 15) is 9.59 Å². The molecule has 2 amide bonds. The van der Waals surface area contributed by atoms with Gasteiger partial charge in [0.15, 0.2) is 5.13 Å². The molecule has 2 heterocycles. The van der Waals surface area contributed by atoms with E-state index in [1.165, 1.54) is 11.3 Å². The summed E-state index contributed by atoms with van der Waals surface area (Å²) in [4.78, 5) is 33.4. The third-order valence-corrected chi connectivity index (χ3v) is 5.61. The van der Waals surface area contributed by atoms with E-state index in [1.54, 1.807) is 41.7 Å². The van der Waals surface area contributed by atoms with Crippen molar-refractivity contribution in [3.63, 3.8) is 0 Å². The molecule has 1 N–H and O–H groups in total. The molecule has 1 saturated heterocycles. The molecule has 2 aromatic rings. The van der Waals surface area contributed by atoms with Crippen LogP contribution in [0.5, 0.6) is 5.75 Å². The minimum atomic E-state index is -0.269. The monoisotopic (exact) mass is 388 g/mol. The van der Waals surface area contributed by atoms with Crippen molar-refractivity contribution >= 4 is 28.3 Å². The zero-order chi connectivity index (χ0) is 19.4. The largest absolute Gasteiger partial charge is 0.497 e. The summed E-state index contributed by atoms with van der Waals surface area (Å²) in [6.07, 6.45) is 1.92. The Hall–Kier alpha value is -2.45. The van der Waals surface area contributed by atoms with Crippen LogP contribution in [0.25, 0.3) is 0 Å². The number of rotatable bonds is 5. The summed E-state index contributed by atoms with van der Waals surface area (Å²) < 4.78 is 5.09. The van der Waals surface area contributed by atoms with Crippen LogP contribution >= 0.6 is 11.3 Å². The molecule has 1 fully saturated rings. The minimum Gasteiger partial charge on any atom is -0.497 e. The van der Waals surface area contributed by atoms with Gasteiger partial charge in [-0.1, -0.05) is 0 Å². The zero-order valence-corrected chi connectivity index (χ0v) is 16.6. The lowest BCUT2D eigenvalue weighted by Gasteiger charge is -2.34. The average Bonchev–Trinajstić information content (AvgIpc) is 3.16. The van der Waals surface area contributed by atoms with E-state index in [0.29, 0.717) is 22.1 Å². The molecule has 0 atom stereocenters. The number of nitrogens with zero attached hydrogens (tertiary/aromatic N) is 3. The van der Waals surface area contributed by atoms with Gasteiger partial charge in [-0.2, -0.15) is 0 Å². The first-order valence-electron chi connectivity index (χ1n) is 8.84. The maximum absolute atomic E-state index is 12.7. The zero-order valence-electron chi connectivity index (χ0n) is 15.8. The van der Waals surface area contributed by atoms with E-state index >= 15 is 0 Å². The highest BCUT2D eigenvalue weighted by atomic mass is 32.1. The fourth-order valence-corrected chi connectivity index (χ4v) is 3.75. The van der Waals surface area contributed by atoms with Crippen LogP contribution in [0.15, 0.2) is 29.6 Å². The van der Waals surface area contributed by atoms with Crippen molar-refractivity contribution < 1.29 is 14.3 Å². The van der Waals surface area contributed by atoms with E-state index in [2.05, 4.69) is 22.2 Å². The quantitative estimate of drug-likeness (QED) is 0.852. The van der Waals surface area contributed by atoms with Gasteiger partial charge in [0.2, 0.25) is 0 Å². The molecule has 1 aromatic heterocycles. The summed E-state index contributed by atoms with van der Waals surface area (Å²) in [5.74, 6) is 0.311. The number of piperidine rings is 1. The van der Waals surface area contributed by atoms with Gasteiger partial charge >= 0.3 is 0 Å². The van der Waals surface area contributed by atoms with Crippen LogP contribution in [-0.4, -0.2) is 66.9 Å². The minimum absolute atomic E-state index is 0.106. The van der Waals surface area contributed by atoms with Crippen LogP contribution < -0.4 is 10.1 Å². The lowest BCUT2D eigenvalue weighted by Crippen LogP contribution is -2.44. The summed E-state index contributed by atoms with van der Waals surface area (Å²) in [6, 6.07) is 7.04. The number of likely N-dealkylation sites (tertiary alicyclic amines) is 1. The number of hydrogen-bond donors (Lipinski definition) is 1. The predicted octanol–water partition coefficient (Wildman–Crippen LogP) is 2.57. The molecule has 0 saturated carbocycles. The summed E-state index contributed by atoms with van der Waals surface area (Å²) in [7, 11) is 5.50. The Kier molecular flexibility index (Phi) is 6.08. The summed E-state index contributed by atoms with van der Waals surface area (Å²) in [6.45, 7) is 1.98. The molecule has 144 valence electrons. The van der Waals surface area contributed by atoms with Crippen molar-refractivity contribution in [2.24, 2.45) is 0 Å². The van der Waals surface area contributed by atoms with Gasteiger partial charge in [-0.3, -0.25) is 14.9 Å². The molecule has 7 nitrogen and oxygen atoms in total. The molecule has 27 heavy (non-hydrogen) atoms. The number of nitrogens with one attached hydrogen (secondary N) is 1. The molecule has 3 rings (SSSR count). The first-order valence-corrected chi connectivity index (χ1v) is 9.72.